The summed E-state index contributed by atoms with van der Waals surface area (Å²) in [7, 11) is 1.25. The van der Waals surface area contributed by atoms with Gasteiger partial charge in [-0.1, -0.05) is 90.4 Å². The number of amides is 3. The molecule has 4 rings (SSSR count). The largest absolute Gasteiger partial charge is 0.456 e. The number of carbonyl (C=O) groups excluding carboxylic acids is 4. The van der Waals surface area contributed by atoms with Crippen LogP contribution in [0, 0.1) is 0 Å². The molecular weight excluding hydrogens is 770 g/mol. The molecule has 4 heterocycles. The van der Waals surface area contributed by atoms with Gasteiger partial charge in [-0.2, -0.15) is 0 Å². The van der Waals surface area contributed by atoms with E-state index in [9.17, 15) is 39.0 Å². The maximum Gasteiger partial charge on any atom is 0.330 e. The normalized spacial score (nSPS) is 27.5. The Bertz CT molecular complexity index is 1670. The van der Waals surface area contributed by atoms with E-state index in [4.69, 9.17) is 29.4 Å². The van der Waals surface area contributed by atoms with E-state index in [-0.39, 0.29) is 12.5 Å². The molecule has 3 amide bonds. The van der Waals surface area contributed by atoms with Gasteiger partial charge in [0.25, 0.3) is 11.5 Å². The molecule has 10 atom stereocenters. The third kappa shape index (κ3) is 14.3. The Hall–Kier alpha value is -4.10. The summed E-state index contributed by atoms with van der Waals surface area (Å²) in [5, 5.41) is 26.9. The summed E-state index contributed by atoms with van der Waals surface area (Å²) in [6.07, 6.45) is 6.97. The molecule has 0 unspecified atom stereocenters. The fourth-order valence-corrected chi connectivity index (χ4v) is 7.71. The predicted molar refractivity (Wildman–Crippen MR) is 213 cm³/mol. The van der Waals surface area contributed by atoms with Gasteiger partial charge in [0.2, 0.25) is 18.1 Å². The number of esters is 1. The first-order valence-electron chi connectivity index (χ1n) is 21.3. The summed E-state index contributed by atoms with van der Waals surface area (Å²) in [6.45, 7) is 4.07. The Morgan fingerprint density at radius 1 is 0.949 bits per heavy atom. The maximum atomic E-state index is 13.2. The summed E-state index contributed by atoms with van der Waals surface area (Å²) < 4.78 is 30.1. The fraction of sp³-hybridized carbons (Fsp3) is 0.756. The Labute approximate surface area is 344 Å². The van der Waals surface area contributed by atoms with Gasteiger partial charge in [0.15, 0.2) is 24.2 Å². The van der Waals surface area contributed by atoms with Crippen molar-refractivity contribution in [1.29, 1.82) is 0 Å². The van der Waals surface area contributed by atoms with E-state index < -0.39 is 95.9 Å². The van der Waals surface area contributed by atoms with Crippen molar-refractivity contribution < 1.29 is 53.1 Å². The second kappa shape index (κ2) is 24.2. The molecule has 2 fully saturated rings. The van der Waals surface area contributed by atoms with Crippen LogP contribution in [0.25, 0.3) is 0 Å². The standard InChI is InChI=1S/C41H65N5O13/c1-4-5-6-7-8-9-10-11-12-13-14-15-16-17-21-30(49)57-35-32(55-3)33(58-39(35)46-23-22-29(48)45-41(46)54)34(36(42)51)59-40-31(50)27(47)24-28(56-40)38(53)44-26-20-18-19-25(2)43-37(26)52/h22-27,31-35,39-40,47,50H,4-21H2,1-3H3,(H2,42,51)(H,43,52)(H,44,53)(H,45,48,54)/t25-,26-,27-,31-,32+,33-,34+,35+,39+,40+/m0/s1. The van der Waals surface area contributed by atoms with Gasteiger partial charge in [-0.05, 0) is 38.7 Å². The Morgan fingerprint density at radius 3 is 2.17 bits per heavy atom. The number of ether oxygens (including phenoxy) is 5. The number of hydrogen-bond acceptors (Lipinski definition) is 13. The Morgan fingerprint density at radius 2 is 1.58 bits per heavy atom. The number of primary amides is 1. The van der Waals surface area contributed by atoms with Gasteiger partial charge in [-0.15, -0.1) is 0 Å². The van der Waals surface area contributed by atoms with Crippen LogP contribution in [-0.4, -0.2) is 106 Å². The molecule has 332 valence electrons. The quantitative estimate of drug-likeness (QED) is 0.0646. The number of hydrogen-bond donors (Lipinski definition) is 6. The van der Waals surface area contributed by atoms with Gasteiger partial charge < -0.3 is 50.3 Å². The lowest BCUT2D eigenvalue weighted by Crippen LogP contribution is -2.54. The third-order valence-corrected chi connectivity index (χ3v) is 11.0. The highest BCUT2D eigenvalue weighted by Crippen LogP contribution is 2.36. The molecule has 0 spiro atoms. The minimum absolute atomic E-state index is 0.0529. The number of aliphatic hydroxyl groups is 2. The number of nitrogens with one attached hydrogen (secondary N) is 3. The zero-order chi connectivity index (χ0) is 42.9. The average Bonchev–Trinajstić information content (AvgIpc) is 3.45. The molecule has 0 radical (unpaired) electrons. The number of aromatic nitrogens is 2. The molecule has 1 aromatic heterocycles. The molecule has 0 aliphatic carbocycles. The van der Waals surface area contributed by atoms with Crippen molar-refractivity contribution in [1.82, 2.24) is 20.2 Å². The highest BCUT2D eigenvalue weighted by atomic mass is 16.7. The van der Waals surface area contributed by atoms with E-state index in [1.807, 2.05) is 6.92 Å². The maximum absolute atomic E-state index is 13.2. The van der Waals surface area contributed by atoms with Crippen LogP contribution >= 0.6 is 0 Å². The fourth-order valence-electron chi connectivity index (χ4n) is 7.71. The lowest BCUT2D eigenvalue weighted by Gasteiger charge is -2.35. The number of rotatable bonds is 24. The van der Waals surface area contributed by atoms with Crippen LogP contribution in [0.4, 0.5) is 0 Å². The average molecular weight is 836 g/mol. The number of nitrogens with zero attached hydrogens (tertiary/aromatic N) is 1. The van der Waals surface area contributed by atoms with Gasteiger partial charge in [0, 0.05) is 31.8 Å². The molecule has 18 heteroatoms. The molecule has 59 heavy (non-hydrogen) atoms. The highest BCUT2D eigenvalue weighted by molar-refractivity contribution is 5.95. The number of aromatic amines is 1. The topological polar surface area (TPSA) is 260 Å². The SMILES string of the molecule is CCCCCCCCCCCCCCCCC(=O)O[C@@H]1[C@H](OC)[C@@H]([C@@H](O[C@H]2OC(C(=O)N[C@H]3CCC[C@H](C)NC3=O)=C[C@H](O)[C@@H]2O)C(N)=O)O[C@H]1n1ccc(=O)[nH]c1=O. The Balaban J connectivity index is 1.38. The molecule has 1 aromatic rings. The number of H-pyrrole nitrogens is 1. The highest BCUT2D eigenvalue weighted by Gasteiger charge is 2.54. The molecule has 0 aromatic carbocycles. The second-order valence-corrected chi connectivity index (χ2v) is 15.8. The van der Waals surface area contributed by atoms with Crippen molar-refractivity contribution in [3.8, 4) is 0 Å². The Kier molecular flexibility index (Phi) is 19.5. The minimum Gasteiger partial charge on any atom is -0.456 e. The van der Waals surface area contributed by atoms with Crippen molar-refractivity contribution in [3.63, 3.8) is 0 Å². The first-order chi connectivity index (χ1) is 28.3. The van der Waals surface area contributed by atoms with E-state index in [2.05, 4.69) is 22.5 Å². The summed E-state index contributed by atoms with van der Waals surface area (Å²) in [6, 6.07) is 0.0832. The van der Waals surface area contributed by atoms with Crippen molar-refractivity contribution >= 4 is 23.7 Å². The van der Waals surface area contributed by atoms with E-state index in [1.54, 1.807) is 0 Å². The molecule has 0 bridgehead atoms. The van der Waals surface area contributed by atoms with Crippen LogP contribution < -0.4 is 27.6 Å². The number of aliphatic hydroxyl groups excluding tert-OH is 2. The van der Waals surface area contributed by atoms with Gasteiger partial charge >= 0.3 is 11.7 Å². The number of nitrogens with two attached hydrogens (primary N) is 1. The predicted octanol–water partition coefficient (Wildman–Crippen LogP) is 2.24. The van der Waals surface area contributed by atoms with Crippen molar-refractivity contribution in [2.24, 2.45) is 5.73 Å². The zero-order valence-corrected chi connectivity index (χ0v) is 34.6. The van der Waals surface area contributed by atoms with Crippen molar-refractivity contribution in [3.05, 3.63) is 44.9 Å². The van der Waals surface area contributed by atoms with Crippen LogP contribution in [0.2, 0.25) is 0 Å². The van der Waals surface area contributed by atoms with Gasteiger partial charge in [-0.25, -0.2) is 4.79 Å². The first-order valence-corrected chi connectivity index (χ1v) is 21.3. The summed E-state index contributed by atoms with van der Waals surface area (Å²) in [5.74, 6) is -3.55. The smallest absolute Gasteiger partial charge is 0.330 e. The summed E-state index contributed by atoms with van der Waals surface area (Å²) in [4.78, 5) is 79.1. The molecule has 2 saturated heterocycles. The van der Waals surface area contributed by atoms with Crippen LogP contribution in [0.15, 0.2) is 33.7 Å². The monoisotopic (exact) mass is 835 g/mol. The van der Waals surface area contributed by atoms with E-state index in [0.29, 0.717) is 19.3 Å². The van der Waals surface area contributed by atoms with Crippen LogP contribution in [0.3, 0.4) is 0 Å². The molecule has 0 saturated carbocycles. The third-order valence-electron chi connectivity index (χ3n) is 11.0. The lowest BCUT2D eigenvalue weighted by atomic mass is 10.0. The van der Waals surface area contributed by atoms with Crippen molar-refractivity contribution in [2.75, 3.05) is 7.11 Å². The molecule has 18 nitrogen and oxygen atoms in total. The first kappa shape index (κ1) is 47.6. The second-order valence-electron chi connectivity index (χ2n) is 15.8. The van der Waals surface area contributed by atoms with Crippen molar-refractivity contribution in [2.45, 2.75) is 191 Å². The summed E-state index contributed by atoms with van der Waals surface area (Å²) >= 11 is 0. The summed E-state index contributed by atoms with van der Waals surface area (Å²) in [5.41, 5.74) is 4.17. The van der Waals surface area contributed by atoms with E-state index in [1.165, 1.54) is 64.9 Å². The minimum atomic E-state index is -1.88. The molecule has 7 N–H and O–H groups in total. The molecule has 3 aliphatic rings. The molecular formula is C41H65N5O13. The molecule has 3 aliphatic heterocycles. The lowest BCUT2D eigenvalue weighted by molar-refractivity contribution is -0.241. The number of unbranched alkanes of at least 4 members (excludes halogenated alkanes) is 13. The van der Waals surface area contributed by atoms with E-state index >= 15 is 0 Å². The van der Waals surface area contributed by atoms with Crippen LogP contribution in [-0.2, 0) is 42.9 Å². The number of methoxy groups -OCH3 is 1. The van der Waals surface area contributed by atoms with Gasteiger partial charge in [-0.3, -0.25) is 33.5 Å². The zero-order valence-electron chi connectivity index (χ0n) is 34.6. The van der Waals surface area contributed by atoms with Gasteiger partial charge in [0.05, 0.1) is 0 Å². The van der Waals surface area contributed by atoms with Crippen LogP contribution in [0.1, 0.15) is 136 Å². The van der Waals surface area contributed by atoms with Crippen LogP contribution in [0.5, 0.6) is 0 Å². The van der Waals surface area contributed by atoms with Gasteiger partial charge in [0.1, 0.15) is 30.5 Å². The number of carbonyl (C=O) groups is 4. The van der Waals surface area contributed by atoms with E-state index in [0.717, 1.165) is 55.0 Å².